The normalized spacial score (nSPS) is 12.9. The van der Waals surface area contributed by atoms with Crippen LogP contribution < -0.4 is 0 Å². The first-order valence-corrected chi connectivity index (χ1v) is 10.4. The van der Waals surface area contributed by atoms with Gasteiger partial charge in [0.05, 0.1) is 20.6 Å². The highest BCUT2D eigenvalue weighted by atomic mass is 32.2. The van der Waals surface area contributed by atoms with Gasteiger partial charge in [-0.15, -0.1) is 0 Å². The monoisotopic (exact) mass is 451 g/mol. The van der Waals surface area contributed by atoms with Crippen LogP contribution in [0.3, 0.4) is 0 Å². The largest absolute Gasteiger partial charge is 0.501 e. The highest BCUT2D eigenvalue weighted by Gasteiger charge is 2.47. The minimum Gasteiger partial charge on any atom is -0.460 e. The second-order valence-electron chi connectivity index (χ2n) is 5.47. The number of nitro groups is 1. The van der Waals surface area contributed by atoms with Crippen molar-refractivity contribution in [2.24, 2.45) is 0 Å². The van der Waals surface area contributed by atoms with Crippen molar-refractivity contribution in [2.75, 3.05) is 5.75 Å². The van der Waals surface area contributed by atoms with E-state index in [-0.39, 0.29) is 12.7 Å². The number of benzene rings is 2. The minimum absolute atomic E-state index is 0.137. The summed E-state index contributed by atoms with van der Waals surface area (Å²) in [7, 11) is -8.18. The lowest BCUT2D eigenvalue weighted by Crippen LogP contribution is -2.23. The lowest BCUT2D eigenvalue weighted by atomic mass is 10.2. The van der Waals surface area contributed by atoms with E-state index in [0.29, 0.717) is 17.7 Å². The number of rotatable bonds is 7. The van der Waals surface area contributed by atoms with Crippen molar-refractivity contribution >= 4 is 32.3 Å². The molecule has 0 unspecified atom stereocenters. The summed E-state index contributed by atoms with van der Waals surface area (Å²) in [5.41, 5.74) is -6.15. The summed E-state index contributed by atoms with van der Waals surface area (Å²) in [5, 5.41) is 11.1. The molecule has 0 fully saturated rings. The van der Waals surface area contributed by atoms with Gasteiger partial charge in [-0.05, 0) is 17.7 Å². The maximum Gasteiger partial charge on any atom is 0.501 e. The number of hydrogen-bond donors (Lipinski definition) is 0. The Labute approximate surface area is 164 Å². The molecule has 0 spiro atoms. The van der Waals surface area contributed by atoms with Crippen LogP contribution in [0, 0.1) is 10.1 Å². The molecule has 0 amide bonds. The van der Waals surface area contributed by atoms with Crippen LogP contribution in [-0.2, 0) is 36.8 Å². The quantitative estimate of drug-likeness (QED) is 0.361. The van der Waals surface area contributed by atoms with E-state index in [0.717, 1.165) is 0 Å². The molecule has 13 heteroatoms. The first-order valence-electron chi connectivity index (χ1n) is 7.61. The van der Waals surface area contributed by atoms with Gasteiger partial charge in [0.15, 0.2) is 0 Å². The fraction of sp³-hybridized carbons (Fsp3) is 0.188. The summed E-state index contributed by atoms with van der Waals surface area (Å²) in [6, 6.07) is 9.66. The zero-order valence-electron chi connectivity index (χ0n) is 14.3. The predicted octanol–water partition coefficient (Wildman–Crippen LogP) is 2.74. The predicted molar refractivity (Wildman–Crippen MR) is 93.9 cm³/mol. The standard InChI is InChI=1S/C16H12F3NO7S2/c17-16(18,19)29(25,26)12-6-7-14(13(8-12)20(22)23)28(24)10-15(21)27-9-11-4-2-1-3-5-11/h1-8H,9-10H2/t28-/m0/s1. The number of nitrogens with zero attached hydrogens (tertiary/aromatic N) is 1. The third-order valence-corrected chi connectivity index (χ3v) is 6.30. The maximum atomic E-state index is 12.6. The highest BCUT2D eigenvalue weighted by Crippen LogP contribution is 2.34. The van der Waals surface area contributed by atoms with Crippen molar-refractivity contribution in [3.8, 4) is 0 Å². The topological polar surface area (TPSA) is 121 Å². The Balaban J connectivity index is 2.21. The number of alkyl halides is 3. The van der Waals surface area contributed by atoms with Gasteiger partial charge in [0.25, 0.3) is 15.5 Å². The number of sulfone groups is 1. The van der Waals surface area contributed by atoms with Gasteiger partial charge in [-0.25, -0.2) is 8.42 Å². The van der Waals surface area contributed by atoms with Crippen LogP contribution >= 0.6 is 0 Å². The van der Waals surface area contributed by atoms with Gasteiger partial charge in [0.2, 0.25) is 0 Å². The molecule has 0 bridgehead atoms. The van der Waals surface area contributed by atoms with Gasteiger partial charge in [-0.2, -0.15) is 13.2 Å². The summed E-state index contributed by atoms with van der Waals surface area (Å²) < 4.78 is 77.9. The van der Waals surface area contributed by atoms with Gasteiger partial charge in [0, 0.05) is 6.07 Å². The molecule has 0 radical (unpaired) electrons. The Hall–Kier alpha value is -2.80. The zero-order valence-corrected chi connectivity index (χ0v) is 15.9. The third kappa shape index (κ3) is 5.38. The van der Waals surface area contributed by atoms with Crippen molar-refractivity contribution in [1.82, 2.24) is 0 Å². The number of hydrogen-bond acceptors (Lipinski definition) is 7. The Morgan fingerprint density at radius 3 is 2.31 bits per heavy atom. The highest BCUT2D eigenvalue weighted by molar-refractivity contribution is 7.92. The van der Waals surface area contributed by atoms with E-state index in [2.05, 4.69) is 0 Å². The Bertz CT molecular complexity index is 1050. The molecule has 0 aliphatic carbocycles. The number of esters is 1. The Morgan fingerprint density at radius 1 is 1.14 bits per heavy atom. The van der Waals surface area contributed by atoms with E-state index >= 15 is 0 Å². The number of carbonyl (C=O) groups is 1. The molecule has 156 valence electrons. The fourth-order valence-electron chi connectivity index (χ4n) is 2.10. The van der Waals surface area contributed by atoms with E-state index in [1.54, 1.807) is 30.3 Å². The molecule has 8 nitrogen and oxygen atoms in total. The molecule has 0 aliphatic rings. The number of ether oxygens (including phenoxy) is 1. The van der Waals surface area contributed by atoms with Crippen molar-refractivity contribution < 1.29 is 40.3 Å². The van der Waals surface area contributed by atoms with Gasteiger partial charge < -0.3 is 4.74 Å². The second kappa shape index (κ2) is 8.69. The summed E-state index contributed by atoms with van der Waals surface area (Å²) in [6.07, 6.45) is 0. The summed E-state index contributed by atoms with van der Waals surface area (Å²) in [5.74, 6) is -1.77. The van der Waals surface area contributed by atoms with Crippen LogP contribution in [0.2, 0.25) is 0 Å². The van der Waals surface area contributed by atoms with Crippen LogP contribution in [0.4, 0.5) is 18.9 Å². The number of halogens is 3. The molecule has 0 aromatic heterocycles. The molecule has 2 aromatic rings. The van der Waals surface area contributed by atoms with E-state index < -0.39 is 58.3 Å². The summed E-state index contributed by atoms with van der Waals surface area (Å²) >= 11 is 0. The van der Waals surface area contributed by atoms with Gasteiger partial charge in [-0.3, -0.25) is 19.1 Å². The van der Waals surface area contributed by atoms with E-state index in [9.17, 15) is 40.7 Å². The van der Waals surface area contributed by atoms with Crippen LogP contribution in [0.5, 0.6) is 0 Å². The molecule has 0 saturated heterocycles. The number of carbonyl (C=O) groups excluding carboxylic acids is 1. The van der Waals surface area contributed by atoms with E-state index in [1.807, 2.05) is 0 Å². The minimum atomic E-state index is -5.83. The van der Waals surface area contributed by atoms with Crippen LogP contribution in [-0.4, -0.2) is 34.8 Å². The fourth-order valence-corrected chi connectivity index (χ4v) is 3.92. The lowest BCUT2D eigenvalue weighted by Gasteiger charge is -2.09. The molecule has 0 heterocycles. The average molecular weight is 451 g/mol. The van der Waals surface area contributed by atoms with Crippen molar-refractivity contribution in [3.63, 3.8) is 0 Å². The zero-order chi connectivity index (χ0) is 21.8. The molecule has 29 heavy (non-hydrogen) atoms. The lowest BCUT2D eigenvalue weighted by molar-refractivity contribution is -0.388. The molecule has 1 atom stereocenters. The Kier molecular flexibility index (Phi) is 6.74. The van der Waals surface area contributed by atoms with Crippen LogP contribution in [0.1, 0.15) is 5.56 Å². The van der Waals surface area contributed by atoms with E-state index in [1.165, 1.54) is 0 Å². The first-order chi connectivity index (χ1) is 13.4. The SMILES string of the molecule is O=C(C[S@](=O)c1ccc(S(=O)(=O)C(F)(F)F)cc1[N+](=O)[O-])OCc1ccccc1. The summed E-state index contributed by atoms with van der Waals surface area (Å²) in [4.78, 5) is 19.8. The van der Waals surface area contributed by atoms with Crippen molar-refractivity contribution in [2.45, 2.75) is 21.9 Å². The maximum absolute atomic E-state index is 12.6. The molecule has 0 aliphatic heterocycles. The number of nitro benzene ring substituents is 1. The third-order valence-electron chi connectivity index (χ3n) is 3.48. The Morgan fingerprint density at radius 2 is 1.76 bits per heavy atom. The molecule has 2 aromatic carbocycles. The van der Waals surface area contributed by atoms with Crippen molar-refractivity contribution in [3.05, 3.63) is 64.2 Å². The molecule has 2 rings (SSSR count). The van der Waals surface area contributed by atoms with Gasteiger partial charge in [0.1, 0.15) is 17.3 Å². The van der Waals surface area contributed by atoms with Crippen LogP contribution in [0.25, 0.3) is 0 Å². The van der Waals surface area contributed by atoms with Gasteiger partial charge in [-0.1, -0.05) is 30.3 Å². The smallest absolute Gasteiger partial charge is 0.460 e. The average Bonchev–Trinajstić information content (AvgIpc) is 2.65. The summed E-state index contributed by atoms with van der Waals surface area (Å²) in [6.45, 7) is -0.137. The second-order valence-corrected chi connectivity index (χ2v) is 8.83. The molecular weight excluding hydrogens is 439 g/mol. The van der Waals surface area contributed by atoms with Crippen LogP contribution in [0.15, 0.2) is 58.3 Å². The first kappa shape index (κ1) is 22.5. The van der Waals surface area contributed by atoms with Gasteiger partial charge >= 0.3 is 11.5 Å². The molecule has 0 saturated carbocycles. The molecule has 0 N–H and O–H groups in total. The molecular formula is C16H12F3NO7S2. The van der Waals surface area contributed by atoms with E-state index in [4.69, 9.17) is 4.74 Å². The van der Waals surface area contributed by atoms with Crippen molar-refractivity contribution in [1.29, 1.82) is 0 Å².